The zero-order valence-corrected chi connectivity index (χ0v) is 11.3. The molecular weight excluding hydrogens is 258 g/mol. The Bertz CT molecular complexity index is 375. The summed E-state index contributed by atoms with van der Waals surface area (Å²) in [5, 5.41) is 13.4. The molecular formula is C11H18ClN3O3. The van der Waals surface area contributed by atoms with Gasteiger partial charge in [-0.05, 0) is 31.9 Å². The quantitative estimate of drug-likeness (QED) is 0.478. The molecule has 0 radical (unpaired) electrons. The Morgan fingerprint density at radius 1 is 1.67 bits per heavy atom. The van der Waals surface area contributed by atoms with Crippen LogP contribution in [0.5, 0.6) is 0 Å². The predicted molar refractivity (Wildman–Crippen MR) is 67.6 cm³/mol. The van der Waals surface area contributed by atoms with Gasteiger partial charge >= 0.3 is 5.16 Å². The molecule has 6 nitrogen and oxygen atoms in total. The Morgan fingerprint density at radius 2 is 2.39 bits per heavy atom. The van der Waals surface area contributed by atoms with Crippen molar-refractivity contribution in [3.05, 3.63) is 21.1 Å². The molecule has 0 bridgehead atoms. The molecule has 2 aliphatic rings. The van der Waals surface area contributed by atoms with Crippen molar-refractivity contribution in [2.45, 2.75) is 32.4 Å². The van der Waals surface area contributed by atoms with E-state index in [-0.39, 0.29) is 17.3 Å². The smallest absolute Gasteiger partial charge is 0.377 e. The van der Waals surface area contributed by atoms with Gasteiger partial charge in [0.2, 0.25) is 0 Å². The Morgan fingerprint density at radius 3 is 2.94 bits per heavy atom. The molecule has 0 aromatic carbocycles. The summed E-state index contributed by atoms with van der Waals surface area (Å²) >= 11 is 5.74. The Hall–Kier alpha value is -1.01. The molecule has 0 aromatic heterocycles. The van der Waals surface area contributed by atoms with Gasteiger partial charge in [-0.25, -0.2) is 0 Å². The molecule has 1 N–H and O–H groups in total. The summed E-state index contributed by atoms with van der Waals surface area (Å²) in [5.74, 6) is 0.849. The number of hydrogen-bond acceptors (Lipinski definition) is 5. The Balaban J connectivity index is 2.08. The van der Waals surface area contributed by atoms with Crippen molar-refractivity contribution in [2.24, 2.45) is 5.92 Å². The van der Waals surface area contributed by atoms with Crippen LogP contribution in [0.1, 0.15) is 20.3 Å². The number of ether oxygens (including phenoxy) is 1. The number of hydrogen-bond donors (Lipinski definition) is 1. The molecule has 102 valence electrons. The fourth-order valence-electron chi connectivity index (χ4n) is 2.54. The van der Waals surface area contributed by atoms with Crippen molar-refractivity contribution in [1.29, 1.82) is 0 Å². The molecule has 0 amide bonds. The topological polar surface area (TPSA) is 67.6 Å². The van der Waals surface area contributed by atoms with E-state index < -0.39 is 4.92 Å². The van der Waals surface area contributed by atoms with Crippen LogP contribution in [0, 0.1) is 16.0 Å². The molecule has 2 fully saturated rings. The van der Waals surface area contributed by atoms with Gasteiger partial charge in [-0.1, -0.05) is 0 Å². The third kappa shape index (κ3) is 2.70. The first-order chi connectivity index (χ1) is 8.49. The van der Waals surface area contributed by atoms with Gasteiger partial charge in [0.05, 0.1) is 17.6 Å². The summed E-state index contributed by atoms with van der Waals surface area (Å²) in [4.78, 5) is 12.2. The summed E-state index contributed by atoms with van der Waals surface area (Å²) in [6.07, 6.45) is 1.27. The van der Waals surface area contributed by atoms with Crippen molar-refractivity contribution in [3.63, 3.8) is 0 Å². The van der Waals surface area contributed by atoms with Crippen LogP contribution >= 0.6 is 11.6 Å². The first-order valence-electron chi connectivity index (χ1n) is 6.15. The van der Waals surface area contributed by atoms with E-state index in [0.717, 1.165) is 13.0 Å². The first kappa shape index (κ1) is 13.4. The molecule has 18 heavy (non-hydrogen) atoms. The largest absolute Gasteiger partial charge is 0.378 e. The summed E-state index contributed by atoms with van der Waals surface area (Å²) in [6.45, 7) is 6.23. The highest BCUT2D eigenvalue weighted by Gasteiger charge is 2.34. The van der Waals surface area contributed by atoms with Crippen LogP contribution < -0.4 is 5.32 Å². The number of rotatable bonds is 3. The van der Waals surface area contributed by atoms with Gasteiger partial charge in [0.25, 0.3) is 0 Å². The van der Waals surface area contributed by atoms with Gasteiger partial charge in [0.1, 0.15) is 0 Å². The molecule has 0 spiro atoms. The first-order valence-corrected chi connectivity index (χ1v) is 6.53. The normalized spacial score (nSPS) is 34.6. The van der Waals surface area contributed by atoms with Gasteiger partial charge in [-0.2, -0.15) is 0 Å². The van der Waals surface area contributed by atoms with E-state index >= 15 is 0 Å². The molecule has 0 aromatic rings. The minimum atomic E-state index is -0.553. The van der Waals surface area contributed by atoms with E-state index in [1.54, 1.807) is 0 Å². The lowest BCUT2D eigenvalue weighted by Crippen LogP contribution is -2.33. The van der Waals surface area contributed by atoms with Crippen molar-refractivity contribution >= 4 is 11.6 Å². The molecule has 7 heteroatoms. The van der Waals surface area contributed by atoms with E-state index in [0.29, 0.717) is 24.9 Å². The Kier molecular flexibility index (Phi) is 3.97. The summed E-state index contributed by atoms with van der Waals surface area (Å²) in [7, 11) is 0. The van der Waals surface area contributed by atoms with E-state index in [2.05, 4.69) is 5.32 Å². The van der Waals surface area contributed by atoms with E-state index in [1.165, 1.54) is 0 Å². The van der Waals surface area contributed by atoms with E-state index in [9.17, 15) is 10.1 Å². The highest BCUT2D eigenvalue weighted by atomic mass is 35.5. The molecule has 2 aliphatic heterocycles. The second-order valence-electron chi connectivity index (χ2n) is 5.02. The van der Waals surface area contributed by atoms with Gasteiger partial charge in [-0.3, -0.25) is 10.1 Å². The van der Waals surface area contributed by atoms with Crippen molar-refractivity contribution in [3.8, 4) is 0 Å². The van der Waals surface area contributed by atoms with Gasteiger partial charge < -0.3 is 15.0 Å². The minimum Gasteiger partial charge on any atom is -0.378 e. The summed E-state index contributed by atoms with van der Waals surface area (Å²) in [6, 6.07) is 0.213. The third-order valence-corrected chi connectivity index (χ3v) is 3.79. The molecule has 0 saturated carbocycles. The maximum absolute atomic E-state index is 10.8. The maximum Gasteiger partial charge on any atom is 0.377 e. The highest BCUT2D eigenvalue weighted by molar-refractivity contribution is 6.28. The SMILES string of the molecule is CC1CC(CN2C(=C(Cl)[N+](=O)[O-])NCC2C)CO1. The zero-order valence-electron chi connectivity index (χ0n) is 10.6. The lowest BCUT2D eigenvalue weighted by molar-refractivity contribution is -0.414. The van der Waals surface area contributed by atoms with Crippen LogP contribution in [0.3, 0.4) is 0 Å². The van der Waals surface area contributed by atoms with Crippen LogP contribution in [0.15, 0.2) is 11.0 Å². The standard InChI is InChI=1S/C11H18ClN3O3/c1-7-4-13-11(10(12)15(16)17)14(7)5-9-3-8(2)18-6-9/h7-9,13H,3-6H2,1-2H3. The van der Waals surface area contributed by atoms with Crippen molar-refractivity contribution in [1.82, 2.24) is 10.2 Å². The van der Waals surface area contributed by atoms with Crippen LogP contribution in [-0.2, 0) is 4.74 Å². The summed E-state index contributed by atoms with van der Waals surface area (Å²) < 4.78 is 5.52. The van der Waals surface area contributed by atoms with Crippen LogP contribution in [0.25, 0.3) is 0 Å². The van der Waals surface area contributed by atoms with Gasteiger partial charge in [0.15, 0.2) is 5.82 Å². The molecule has 3 unspecified atom stereocenters. The average Bonchev–Trinajstić information content (AvgIpc) is 2.87. The second kappa shape index (κ2) is 5.32. The maximum atomic E-state index is 10.8. The summed E-state index contributed by atoms with van der Waals surface area (Å²) in [5.41, 5.74) is 0. The minimum absolute atomic E-state index is 0.213. The molecule has 2 rings (SSSR count). The number of nitrogens with one attached hydrogen (secondary N) is 1. The lowest BCUT2D eigenvalue weighted by atomic mass is 10.1. The average molecular weight is 276 g/mol. The number of nitro groups is 1. The van der Waals surface area contributed by atoms with Crippen LogP contribution in [0.4, 0.5) is 0 Å². The predicted octanol–water partition coefficient (Wildman–Crippen LogP) is 1.35. The van der Waals surface area contributed by atoms with E-state index in [1.807, 2.05) is 18.7 Å². The van der Waals surface area contributed by atoms with Crippen molar-refractivity contribution < 1.29 is 9.66 Å². The molecule has 0 aliphatic carbocycles. The number of halogens is 1. The van der Waals surface area contributed by atoms with E-state index in [4.69, 9.17) is 16.3 Å². The lowest BCUT2D eigenvalue weighted by Gasteiger charge is -2.25. The van der Waals surface area contributed by atoms with Gasteiger partial charge in [-0.15, -0.1) is 0 Å². The van der Waals surface area contributed by atoms with Crippen LogP contribution in [0.2, 0.25) is 0 Å². The van der Waals surface area contributed by atoms with Gasteiger partial charge in [0, 0.05) is 25.0 Å². The third-order valence-electron chi connectivity index (χ3n) is 3.48. The molecule has 2 saturated heterocycles. The fraction of sp³-hybridized carbons (Fsp3) is 0.818. The number of nitrogens with zero attached hydrogens (tertiary/aromatic N) is 2. The molecule has 3 atom stereocenters. The monoisotopic (exact) mass is 275 g/mol. The fourth-order valence-corrected chi connectivity index (χ4v) is 2.71. The van der Waals surface area contributed by atoms with Crippen LogP contribution in [-0.4, -0.2) is 41.7 Å². The Labute approximate surface area is 111 Å². The second-order valence-corrected chi connectivity index (χ2v) is 5.38. The molecule has 2 heterocycles. The zero-order chi connectivity index (χ0) is 13.3. The van der Waals surface area contributed by atoms with Crippen molar-refractivity contribution in [2.75, 3.05) is 19.7 Å². The highest BCUT2D eigenvalue weighted by Crippen LogP contribution is 2.26.